The van der Waals surface area contributed by atoms with Gasteiger partial charge in [0.1, 0.15) is 10.9 Å². The Labute approximate surface area is 130 Å². The van der Waals surface area contributed by atoms with Crippen LogP contribution in [0.3, 0.4) is 0 Å². The van der Waals surface area contributed by atoms with Crippen LogP contribution < -0.4 is 5.56 Å². The summed E-state index contributed by atoms with van der Waals surface area (Å²) in [6.45, 7) is 3.66. The van der Waals surface area contributed by atoms with Gasteiger partial charge in [-0.1, -0.05) is 6.92 Å². The maximum Gasteiger partial charge on any atom is 0.339 e. The van der Waals surface area contributed by atoms with Gasteiger partial charge in [-0.3, -0.25) is 9.36 Å². The molecule has 22 heavy (non-hydrogen) atoms. The fourth-order valence-electron chi connectivity index (χ4n) is 2.14. The number of esters is 2. The molecule has 0 saturated heterocycles. The molecule has 0 aliphatic rings. The first-order chi connectivity index (χ1) is 10.5. The summed E-state index contributed by atoms with van der Waals surface area (Å²) in [6, 6.07) is -0.774. The lowest BCUT2D eigenvalue weighted by molar-refractivity contribution is -0.144. The smallest absolute Gasteiger partial charge is 0.339 e. The number of carbonyl (C=O) groups excluding carboxylic acids is 2. The second-order valence-electron chi connectivity index (χ2n) is 4.45. The molecule has 0 bridgehead atoms. The van der Waals surface area contributed by atoms with Gasteiger partial charge in [-0.15, -0.1) is 11.3 Å². The van der Waals surface area contributed by atoms with E-state index in [0.29, 0.717) is 11.3 Å². The molecule has 0 aliphatic heterocycles. The number of ether oxygens (including phenoxy) is 2. The average molecular weight is 324 g/mol. The Morgan fingerprint density at radius 1 is 1.41 bits per heavy atom. The summed E-state index contributed by atoms with van der Waals surface area (Å²) in [4.78, 5) is 41.0. The molecule has 0 aliphatic carbocycles. The van der Waals surface area contributed by atoms with Crippen molar-refractivity contribution >= 4 is 33.5 Å². The fourth-order valence-corrected chi connectivity index (χ4v) is 3.01. The molecule has 0 fully saturated rings. The molecule has 0 saturated carbocycles. The second kappa shape index (κ2) is 6.69. The van der Waals surface area contributed by atoms with Gasteiger partial charge < -0.3 is 9.47 Å². The van der Waals surface area contributed by atoms with Gasteiger partial charge in [0.25, 0.3) is 5.56 Å². The lowest BCUT2D eigenvalue weighted by atomic mass is 10.2. The summed E-state index contributed by atoms with van der Waals surface area (Å²) in [6.07, 6.45) is 1.68. The minimum Gasteiger partial charge on any atom is -0.467 e. The quantitative estimate of drug-likeness (QED) is 0.779. The van der Waals surface area contributed by atoms with Gasteiger partial charge in [0.2, 0.25) is 0 Å². The van der Waals surface area contributed by atoms with Gasteiger partial charge in [-0.05, 0) is 13.3 Å². The summed E-state index contributed by atoms with van der Waals surface area (Å²) in [7, 11) is 1.26. The van der Waals surface area contributed by atoms with Crippen molar-refractivity contribution in [1.82, 2.24) is 9.55 Å². The van der Waals surface area contributed by atoms with E-state index in [1.807, 2.05) is 0 Å². The standard InChI is InChI=1S/C14H16N2O5S/c1-4-9(14(19)20-3)16-7-15-11-10(12(16)17)8(6-22-11)13(18)21-5-2/h6-7,9H,4-5H2,1-3H3. The average Bonchev–Trinajstić information content (AvgIpc) is 2.95. The van der Waals surface area contributed by atoms with Crippen LogP contribution in [0.15, 0.2) is 16.5 Å². The van der Waals surface area contributed by atoms with E-state index in [-0.39, 0.29) is 17.6 Å². The zero-order valence-corrected chi connectivity index (χ0v) is 13.3. The largest absolute Gasteiger partial charge is 0.467 e. The number of fused-ring (bicyclic) bond motifs is 1. The Balaban J connectivity index is 2.62. The third-order valence-corrected chi connectivity index (χ3v) is 4.10. The highest BCUT2D eigenvalue weighted by Gasteiger charge is 2.24. The van der Waals surface area contributed by atoms with Crippen molar-refractivity contribution in [3.05, 3.63) is 27.6 Å². The molecule has 0 amide bonds. The second-order valence-corrected chi connectivity index (χ2v) is 5.31. The minimum atomic E-state index is -0.774. The summed E-state index contributed by atoms with van der Waals surface area (Å²) < 4.78 is 10.8. The van der Waals surface area contributed by atoms with E-state index in [1.54, 1.807) is 19.2 Å². The normalized spacial score (nSPS) is 12.1. The van der Waals surface area contributed by atoms with Crippen LogP contribution in [0.4, 0.5) is 0 Å². The van der Waals surface area contributed by atoms with Gasteiger partial charge in [0.05, 0.1) is 31.0 Å². The molecule has 0 radical (unpaired) electrons. The molecular formula is C14H16N2O5S. The number of hydrogen-bond donors (Lipinski definition) is 0. The van der Waals surface area contributed by atoms with Crippen molar-refractivity contribution < 1.29 is 19.1 Å². The van der Waals surface area contributed by atoms with Crippen LogP contribution in [0.5, 0.6) is 0 Å². The van der Waals surface area contributed by atoms with Crippen LogP contribution in [-0.4, -0.2) is 35.2 Å². The lowest BCUT2D eigenvalue weighted by Gasteiger charge is -2.15. The van der Waals surface area contributed by atoms with Gasteiger partial charge in [-0.2, -0.15) is 0 Å². The molecule has 2 aromatic rings. The number of hydrogen-bond acceptors (Lipinski definition) is 7. The number of methoxy groups -OCH3 is 1. The van der Waals surface area contributed by atoms with Crippen molar-refractivity contribution in [3.8, 4) is 0 Å². The van der Waals surface area contributed by atoms with E-state index in [2.05, 4.69) is 4.98 Å². The zero-order chi connectivity index (χ0) is 16.3. The Bertz CT molecular complexity index is 764. The van der Waals surface area contributed by atoms with Crippen molar-refractivity contribution in [2.45, 2.75) is 26.3 Å². The summed E-state index contributed by atoms with van der Waals surface area (Å²) >= 11 is 1.18. The van der Waals surface area contributed by atoms with Gasteiger partial charge in [0, 0.05) is 5.38 Å². The van der Waals surface area contributed by atoms with E-state index in [0.717, 1.165) is 0 Å². The first-order valence-corrected chi connectivity index (χ1v) is 7.66. The molecule has 118 valence electrons. The van der Waals surface area contributed by atoms with Crippen LogP contribution in [0.25, 0.3) is 10.2 Å². The van der Waals surface area contributed by atoms with E-state index in [4.69, 9.17) is 9.47 Å². The predicted molar refractivity (Wildman–Crippen MR) is 81.2 cm³/mol. The Morgan fingerprint density at radius 3 is 2.73 bits per heavy atom. The summed E-state index contributed by atoms with van der Waals surface area (Å²) in [5, 5.41) is 1.72. The highest BCUT2D eigenvalue weighted by molar-refractivity contribution is 7.17. The first kappa shape index (κ1) is 16.2. The van der Waals surface area contributed by atoms with Gasteiger partial charge in [-0.25, -0.2) is 14.6 Å². The van der Waals surface area contributed by atoms with Gasteiger partial charge >= 0.3 is 11.9 Å². The predicted octanol–water partition coefficient (Wildman–Crippen LogP) is 1.76. The Morgan fingerprint density at radius 2 is 2.14 bits per heavy atom. The summed E-state index contributed by atoms with van der Waals surface area (Å²) in [5.74, 6) is -1.10. The Kier molecular flexibility index (Phi) is 4.92. The van der Waals surface area contributed by atoms with Crippen LogP contribution >= 0.6 is 11.3 Å². The molecule has 1 atom stereocenters. The van der Waals surface area contributed by atoms with E-state index in [1.165, 1.54) is 29.3 Å². The maximum absolute atomic E-state index is 12.7. The molecule has 0 aromatic carbocycles. The molecule has 2 aromatic heterocycles. The third kappa shape index (κ3) is 2.74. The molecule has 2 heterocycles. The number of carbonyl (C=O) groups is 2. The zero-order valence-electron chi connectivity index (χ0n) is 12.5. The highest BCUT2D eigenvalue weighted by Crippen LogP contribution is 2.23. The minimum absolute atomic E-state index is 0.174. The van der Waals surface area contributed by atoms with Crippen molar-refractivity contribution in [2.24, 2.45) is 0 Å². The van der Waals surface area contributed by atoms with Crippen LogP contribution in [-0.2, 0) is 14.3 Å². The molecular weight excluding hydrogens is 308 g/mol. The monoisotopic (exact) mass is 324 g/mol. The molecule has 0 N–H and O–H groups in total. The number of aromatic nitrogens is 2. The maximum atomic E-state index is 12.7. The van der Waals surface area contributed by atoms with Gasteiger partial charge in [0.15, 0.2) is 0 Å². The van der Waals surface area contributed by atoms with E-state index < -0.39 is 23.5 Å². The molecule has 8 heteroatoms. The molecule has 7 nitrogen and oxygen atoms in total. The van der Waals surface area contributed by atoms with Crippen LogP contribution in [0.2, 0.25) is 0 Å². The topological polar surface area (TPSA) is 87.5 Å². The molecule has 0 spiro atoms. The van der Waals surface area contributed by atoms with E-state index >= 15 is 0 Å². The van der Waals surface area contributed by atoms with Crippen molar-refractivity contribution in [1.29, 1.82) is 0 Å². The Hall–Kier alpha value is -2.22. The van der Waals surface area contributed by atoms with Crippen molar-refractivity contribution in [3.63, 3.8) is 0 Å². The number of thiophene rings is 1. The summed E-state index contributed by atoms with van der Waals surface area (Å²) in [5.41, 5.74) is -0.278. The highest BCUT2D eigenvalue weighted by atomic mass is 32.1. The van der Waals surface area contributed by atoms with Crippen LogP contribution in [0, 0.1) is 0 Å². The first-order valence-electron chi connectivity index (χ1n) is 6.78. The third-order valence-electron chi connectivity index (χ3n) is 3.21. The molecule has 1 unspecified atom stereocenters. The van der Waals surface area contributed by atoms with E-state index in [9.17, 15) is 14.4 Å². The number of rotatable bonds is 5. The SMILES string of the molecule is CCOC(=O)c1csc2ncn(C(CC)C(=O)OC)c(=O)c12. The lowest BCUT2D eigenvalue weighted by Crippen LogP contribution is -2.31. The van der Waals surface area contributed by atoms with Crippen LogP contribution in [0.1, 0.15) is 36.7 Å². The fraction of sp³-hybridized carbons (Fsp3) is 0.429. The van der Waals surface area contributed by atoms with Crippen molar-refractivity contribution in [2.75, 3.05) is 13.7 Å². The molecule has 2 rings (SSSR count). The number of nitrogens with zero attached hydrogens (tertiary/aromatic N) is 2.